The third-order valence-electron chi connectivity index (χ3n) is 4.31. The molecular formula is C17H24ClN5O2. The van der Waals surface area contributed by atoms with Crippen molar-refractivity contribution < 1.29 is 9.32 Å². The fraction of sp³-hybridized carbons (Fsp3) is 0.471. The largest absolute Gasteiger partial charge is 0.350 e. The van der Waals surface area contributed by atoms with Crippen LogP contribution in [0, 0.1) is 0 Å². The SMILES string of the molecule is Cl.NCc1nc(CN2CCCCC2CNC(=O)c2ccccc2)no1. The number of carbonyl (C=O) groups excluding carboxylic acids is 1. The zero-order valence-corrected chi connectivity index (χ0v) is 14.9. The van der Waals surface area contributed by atoms with Gasteiger partial charge in [-0.05, 0) is 31.5 Å². The van der Waals surface area contributed by atoms with Gasteiger partial charge in [-0.1, -0.05) is 29.8 Å². The second-order valence-corrected chi connectivity index (χ2v) is 6.00. The average molecular weight is 366 g/mol. The molecule has 8 heteroatoms. The third kappa shape index (κ3) is 5.26. The first-order valence-corrected chi connectivity index (χ1v) is 8.35. The van der Waals surface area contributed by atoms with Crippen LogP contribution in [-0.2, 0) is 13.1 Å². The van der Waals surface area contributed by atoms with Crippen molar-refractivity contribution in [3.63, 3.8) is 0 Å². The number of amides is 1. The minimum Gasteiger partial charge on any atom is -0.350 e. The van der Waals surface area contributed by atoms with Gasteiger partial charge in [-0.2, -0.15) is 4.98 Å². The highest BCUT2D eigenvalue weighted by Crippen LogP contribution is 2.18. The molecule has 1 fully saturated rings. The molecule has 1 aliphatic heterocycles. The molecule has 1 unspecified atom stereocenters. The molecule has 1 aromatic heterocycles. The van der Waals surface area contributed by atoms with Crippen LogP contribution in [0.5, 0.6) is 0 Å². The molecule has 25 heavy (non-hydrogen) atoms. The Morgan fingerprint density at radius 1 is 1.32 bits per heavy atom. The molecule has 1 amide bonds. The molecule has 2 heterocycles. The number of carbonyl (C=O) groups is 1. The summed E-state index contributed by atoms with van der Waals surface area (Å²) < 4.78 is 5.06. The normalized spacial score (nSPS) is 17.7. The molecule has 0 aliphatic carbocycles. The predicted octanol–water partition coefficient (Wildman–Crippen LogP) is 1.73. The Hall–Kier alpha value is -1.96. The number of rotatable bonds is 6. The summed E-state index contributed by atoms with van der Waals surface area (Å²) in [6.07, 6.45) is 3.37. The summed E-state index contributed by atoms with van der Waals surface area (Å²) in [5.41, 5.74) is 6.19. The standard InChI is InChI=1S/C17H23N5O2.ClH/c18-10-16-20-15(21-24-16)12-22-9-5-4-8-14(22)11-19-17(23)13-6-2-1-3-7-13;/h1-3,6-7,14H,4-5,8-12,18H2,(H,19,23);1H. The zero-order chi connectivity index (χ0) is 16.8. The Morgan fingerprint density at radius 3 is 2.84 bits per heavy atom. The number of hydrogen-bond acceptors (Lipinski definition) is 6. The summed E-state index contributed by atoms with van der Waals surface area (Å²) in [6, 6.07) is 9.56. The van der Waals surface area contributed by atoms with Crippen molar-refractivity contribution in [1.29, 1.82) is 0 Å². The van der Waals surface area contributed by atoms with Gasteiger partial charge in [0.05, 0.1) is 13.1 Å². The molecule has 1 saturated heterocycles. The van der Waals surface area contributed by atoms with Gasteiger partial charge in [-0.25, -0.2) is 0 Å². The highest BCUT2D eigenvalue weighted by atomic mass is 35.5. The van der Waals surface area contributed by atoms with E-state index in [0.29, 0.717) is 30.4 Å². The highest BCUT2D eigenvalue weighted by Gasteiger charge is 2.24. The number of nitrogens with two attached hydrogens (primary N) is 1. The Labute approximate surface area is 153 Å². The van der Waals surface area contributed by atoms with Crippen LogP contribution in [0.2, 0.25) is 0 Å². The van der Waals surface area contributed by atoms with E-state index in [1.807, 2.05) is 30.3 Å². The zero-order valence-electron chi connectivity index (χ0n) is 14.1. The number of nitrogens with one attached hydrogen (secondary N) is 1. The lowest BCUT2D eigenvalue weighted by Crippen LogP contribution is -2.46. The van der Waals surface area contributed by atoms with E-state index in [1.54, 1.807) is 0 Å². The van der Waals surface area contributed by atoms with E-state index in [4.69, 9.17) is 10.3 Å². The fourth-order valence-corrected chi connectivity index (χ4v) is 3.02. The number of aromatic nitrogens is 2. The molecule has 1 aliphatic rings. The molecular weight excluding hydrogens is 342 g/mol. The van der Waals surface area contributed by atoms with E-state index >= 15 is 0 Å². The Bertz CT molecular complexity index is 664. The van der Waals surface area contributed by atoms with Gasteiger partial charge in [0.2, 0.25) is 5.89 Å². The second-order valence-electron chi connectivity index (χ2n) is 6.00. The number of benzene rings is 1. The number of nitrogens with zero attached hydrogens (tertiary/aromatic N) is 3. The smallest absolute Gasteiger partial charge is 0.251 e. The quantitative estimate of drug-likeness (QED) is 0.809. The van der Waals surface area contributed by atoms with Gasteiger partial charge < -0.3 is 15.6 Å². The first-order valence-electron chi connectivity index (χ1n) is 8.35. The van der Waals surface area contributed by atoms with Crippen LogP contribution in [0.4, 0.5) is 0 Å². The first-order chi connectivity index (χ1) is 11.8. The van der Waals surface area contributed by atoms with Crippen molar-refractivity contribution in [3.8, 4) is 0 Å². The van der Waals surface area contributed by atoms with E-state index in [0.717, 1.165) is 19.4 Å². The van der Waals surface area contributed by atoms with Gasteiger partial charge in [-0.3, -0.25) is 9.69 Å². The number of hydrogen-bond donors (Lipinski definition) is 2. The van der Waals surface area contributed by atoms with Crippen LogP contribution in [0.15, 0.2) is 34.9 Å². The summed E-state index contributed by atoms with van der Waals surface area (Å²) in [6.45, 7) is 2.46. The molecule has 1 atom stereocenters. The Morgan fingerprint density at radius 2 is 2.12 bits per heavy atom. The summed E-state index contributed by atoms with van der Waals surface area (Å²) in [5.74, 6) is 1.07. The third-order valence-corrected chi connectivity index (χ3v) is 4.31. The average Bonchev–Trinajstić information content (AvgIpc) is 3.09. The molecule has 1 aromatic carbocycles. The molecule has 0 spiro atoms. The summed E-state index contributed by atoms with van der Waals surface area (Å²) in [4.78, 5) is 18.8. The number of likely N-dealkylation sites (tertiary alicyclic amines) is 1. The van der Waals surface area contributed by atoms with Gasteiger partial charge in [0.25, 0.3) is 5.91 Å². The van der Waals surface area contributed by atoms with Crippen LogP contribution < -0.4 is 11.1 Å². The molecule has 3 N–H and O–H groups in total. The molecule has 2 aromatic rings. The van der Waals surface area contributed by atoms with Crippen molar-refractivity contribution >= 4 is 18.3 Å². The topological polar surface area (TPSA) is 97.3 Å². The van der Waals surface area contributed by atoms with Crippen molar-refractivity contribution in [1.82, 2.24) is 20.4 Å². The highest BCUT2D eigenvalue weighted by molar-refractivity contribution is 5.94. The minimum absolute atomic E-state index is 0. The molecule has 136 valence electrons. The van der Waals surface area contributed by atoms with Crippen molar-refractivity contribution in [3.05, 3.63) is 47.6 Å². The summed E-state index contributed by atoms with van der Waals surface area (Å²) >= 11 is 0. The lowest BCUT2D eigenvalue weighted by Gasteiger charge is -2.34. The molecule has 7 nitrogen and oxygen atoms in total. The molecule has 3 rings (SSSR count). The van der Waals surface area contributed by atoms with Crippen LogP contribution in [0.3, 0.4) is 0 Å². The van der Waals surface area contributed by atoms with Crippen molar-refractivity contribution in [2.75, 3.05) is 13.1 Å². The van der Waals surface area contributed by atoms with E-state index in [1.165, 1.54) is 6.42 Å². The fourth-order valence-electron chi connectivity index (χ4n) is 3.02. The van der Waals surface area contributed by atoms with Gasteiger partial charge >= 0.3 is 0 Å². The van der Waals surface area contributed by atoms with Crippen LogP contribution in [-0.4, -0.2) is 40.1 Å². The van der Waals surface area contributed by atoms with Gasteiger partial charge in [0, 0.05) is 18.2 Å². The van der Waals surface area contributed by atoms with Gasteiger partial charge in [0.1, 0.15) is 0 Å². The van der Waals surface area contributed by atoms with Crippen LogP contribution in [0.1, 0.15) is 41.3 Å². The minimum atomic E-state index is -0.0360. The Balaban J connectivity index is 0.00000225. The van der Waals surface area contributed by atoms with Crippen LogP contribution in [0.25, 0.3) is 0 Å². The maximum atomic E-state index is 12.2. The van der Waals surface area contributed by atoms with E-state index in [-0.39, 0.29) is 30.9 Å². The van der Waals surface area contributed by atoms with Gasteiger partial charge in [0.15, 0.2) is 5.82 Å². The predicted molar refractivity (Wildman–Crippen MR) is 96.3 cm³/mol. The lowest BCUT2D eigenvalue weighted by molar-refractivity contribution is 0.0904. The molecule has 0 radical (unpaired) electrons. The van der Waals surface area contributed by atoms with E-state index < -0.39 is 0 Å². The number of halogens is 1. The molecule has 0 saturated carbocycles. The van der Waals surface area contributed by atoms with Crippen molar-refractivity contribution in [2.24, 2.45) is 5.73 Å². The van der Waals surface area contributed by atoms with Gasteiger partial charge in [-0.15, -0.1) is 12.4 Å². The van der Waals surface area contributed by atoms with E-state index in [9.17, 15) is 4.79 Å². The van der Waals surface area contributed by atoms with Crippen molar-refractivity contribution in [2.45, 2.75) is 38.4 Å². The maximum absolute atomic E-state index is 12.2. The lowest BCUT2D eigenvalue weighted by atomic mass is 10.0. The monoisotopic (exact) mass is 365 g/mol. The summed E-state index contributed by atoms with van der Waals surface area (Å²) in [7, 11) is 0. The van der Waals surface area contributed by atoms with E-state index in [2.05, 4.69) is 20.4 Å². The Kier molecular flexibility index (Phi) is 7.36. The second kappa shape index (κ2) is 9.50. The van der Waals surface area contributed by atoms with Crippen LogP contribution >= 0.6 is 12.4 Å². The number of piperidine rings is 1. The molecule has 0 bridgehead atoms. The summed E-state index contributed by atoms with van der Waals surface area (Å²) in [5, 5.41) is 7.00. The first kappa shape index (κ1) is 19.4. The maximum Gasteiger partial charge on any atom is 0.251 e.